The van der Waals surface area contributed by atoms with E-state index in [-0.39, 0.29) is 6.04 Å². The number of hydrogen-bond acceptors (Lipinski definition) is 5. The number of hydrazine groups is 1. The lowest BCUT2D eigenvalue weighted by molar-refractivity contribution is 0.185. The average molecular weight is 315 g/mol. The molecule has 1 saturated heterocycles. The molecule has 5 heteroatoms. The van der Waals surface area contributed by atoms with Crippen LogP contribution in [0.25, 0.3) is 0 Å². The first kappa shape index (κ1) is 16.2. The third-order valence-electron chi connectivity index (χ3n) is 4.20. The SMILES string of the molecule is COCc1cccc(CNCC2CNNC2c2ccc(C)o2)c1. The van der Waals surface area contributed by atoms with E-state index in [1.807, 2.05) is 13.0 Å². The molecule has 0 radical (unpaired) electrons. The van der Waals surface area contributed by atoms with Crippen LogP contribution in [0.2, 0.25) is 0 Å². The number of hydrogen-bond donors (Lipinski definition) is 3. The summed E-state index contributed by atoms with van der Waals surface area (Å²) in [5.41, 5.74) is 9.04. The average Bonchev–Trinajstić information content (AvgIpc) is 3.17. The minimum Gasteiger partial charge on any atom is -0.465 e. The summed E-state index contributed by atoms with van der Waals surface area (Å²) in [7, 11) is 1.72. The molecule has 0 spiro atoms. The molecule has 0 aliphatic carbocycles. The molecule has 1 fully saturated rings. The molecule has 5 nitrogen and oxygen atoms in total. The molecule has 2 atom stereocenters. The Morgan fingerprint density at radius 3 is 2.91 bits per heavy atom. The fourth-order valence-corrected chi connectivity index (χ4v) is 3.05. The lowest BCUT2D eigenvalue weighted by Crippen LogP contribution is -2.28. The van der Waals surface area contributed by atoms with Crippen molar-refractivity contribution >= 4 is 0 Å². The van der Waals surface area contributed by atoms with E-state index in [1.165, 1.54) is 11.1 Å². The molecule has 0 bridgehead atoms. The van der Waals surface area contributed by atoms with Crippen LogP contribution in [0.4, 0.5) is 0 Å². The monoisotopic (exact) mass is 315 g/mol. The van der Waals surface area contributed by atoms with Crippen molar-refractivity contribution in [2.24, 2.45) is 5.92 Å². The summed E-state index contributed by atoms with van der Waals surface area (Å²) >= 11 is 0. The number of benzene rings is 1. The van der Waals surface area contributed by atoms with Crippen LogP contribution in [0.5, 0.6) is 0 Å². The third kappa shape index (κ3) is 4.20. The second-order valence-electron chi connectivity index (χ2n) is 6.10. The maximum Gasteiger partial charge on any atom is 0.122 e. The highest BCUT2D eigenvalue weighted by molar-refractivity contribution is 5.23. The molecule has 2 heterocycles. The Labute approximate surface area is 137 Å². The summed E-state index contributed by atoms with van der Waals surface area (Å²) < 4.78 is 10.9. The quantitative estimate of drug-likeness (QED) is 0.732. The minimum atomic E-state index is 0.219. The van der Waals surface area contributed by atoms with Gasteiger partial charge in [0.1, 0.15) is 11.5 Å². The van der Waals surface area contributed by atoms with E-state index in [4.69, 9.17) is 9.15 Å². The van der Waals surface area contributed by atoms with Crippen LogP contribution in [-0.2, 0) is 17.9 Å². The highest BCUT2D eigenvalue weighted by atomic mass is 16.5. The fraction of sp³-hybridized carbons (Fsp3) is 0.444. The Bertz CT molecular complexity index is 626. The summed E-state index contributed by atoms with van der Waals surface area (Å²) in [5.74, 6) is 2.42. The zero-order valence-corrected chi connectivity index (χ0v) is 13.8. The van der Waals surface area contributed by atoms with Gasteiger partial charge in [0.2, 0.25) is 0 Å². The summed E-state index contributed by atoms with van der Waals surface area (Å²) in [6, 6.07) is 12.8. The predicted octanol–water partition coefficient (Wildman–Crippen LogP) is 2.29. The van der Waals surface area contributed by atoms with Gasteiger partial charge in [-0.15, -0.1) is 0 Å². The van der Waals surface area contributed by atoms with Crippen molar-refractivity contribution < 1.29 is 9.15 Å². The van der Waals surface area contributed by atoms with Crippen molar-refractivity contribution in [3.8, 4) is 0 Å². The highest BCUT2D eigenvalue weighted by Crippen LogP contribution is 2.25. The van der Waals surface area contributed by atoms with Gasteiger partial charge in [-0.25, -0.2) is 5.43 Å². The van der Waals surface area contributed by atoms with Gasteiger partial charge >= 0.3 is 0 Å². The van der Waals surface area contributed by atoms with Crippen LogP contribution in [-0.4, -0.2) is 20.2 Å². The summed E-state index contributed by atoms with van der Waals surface area (Å²) in [4.78, 5) is 0. The van der Waals surface area contributed by atoms with Crippen LogP contribution in [0, 0.1) is 12.8 Å². The van der Waals surface area contributed by atoms with Crippen molar-refractivity contribution in [2.75, 3.05) is 20.2 Å². The first-order valence-corrected chi connectivity index (χ1v) is 8.08. The molecular weight excluding hydrogens is 290 g/mol. The maximum atomic E-state index is 5.76. The van der Waals surface area contributed by atoms with Crippen LogP contribution in [0.15, 0.2) is 40.8 Å². The lowest BCUT2D eigenvalue weighted by Gasteiger charge is -2.17. The molecule has 23 heavy (non-hydrogen) atoms. The van der Waals surface area contributed by atoms with E-state index in [9.17, 15) is 0 Å². The van der Waals surface area contributed by atoms with Gasteiger partial charge in [-0.2, -0.15) is 0 Å². The van der Waals surface area contributed by atoms with Crippen molar-refractivity contribution in [3.63, 3.8) is 0 Å². The van der Waals surface area contributed by atoms with Crippen LogP contribution in [0.3, 0.4) is 0 Å². The zero-order valence-electron chi connectivity index (χ0n) is 13.8. The van der Waals surface area contributed by atoms with Crippen molar-refractivity contribution in [1.82, 2.24) is 16.2 Å². The Morgan fingerprint density at radius 1 is 1.26 bits per heavy atom. The number of furan rings is 1. The largest absolute Gasteiger partial charge is 0.465 e. The molecule has 0 amide bonds. The Hall–Kier alpha value is -1.66. The van der Waals surface area contributed by atoms with Gasteiger partial charge < -0.3 is 14.5 Å². The zero-order chi connectivity index (χ0) is 16.1. The molecule has 2 aromatic rings. The number of aryl methyl sites for hydroxylation is 1. The Balaban J connectivity index is 1.52. The molecule has 3 rings (SSSR count). The molecule has 1 aromatic heterocycles. The van der Waals surface area contributed by atoms with E-state index in [1.54, 1.807) is 7.11 Å². The maximum absolute atomic E-state index is 5.76. The normalized spacial score (nSPS) is 21.0. The third-order valence-corrected chi connectivity index (χ3v) is 4.20. The molecule has 124 valence electrons. The molecule has 0 saturated carbocycles. The smallest absolute Gasteiger partial charge is 0.122 e. The molecule has 2 unspecified atom stereocenters. The van der Waals surface area contributed by atoms with Crippen molar-refractivity contribution in [1.29, 1.82) is 0 Å². The first-order chi connectivity index (χ1) is 11.3. The van der Waals surface area contributed by atoms with E-state index < -0.39 is 0 Å². The van der Waals surface area contributed by atoms with Crippen molar-refractivity contribution in [3.05, 3.63) is 59.0 Å². The molecule has 1 aromatic carbocycles. The molecule has 1 aliphatic rings. The Morgan fingerprint density at radius 2 is 2.13 bits per heavy atom. The van der Waals surface area contributed by atoms with Crippen molar-refractivity contribution in [2.45, 2.75) is 26.1 Å². The van der Waals surface area contributed by atoms with Crippen LogP contribution in [0.1, 0.15) is 28.7 Å². The number of ether oxygens (including phenoxy) is 1. The standard InChI is InChI=1S/C18H25N3O2/c1-13-6-7-17(23-13)18-16(11-20-21-18)10-19-9-14-4-3-5-15(8-14)12-22-2/h3-8,16,18-21H,9-12H2,1-2H3. The molecular formula is C18H25N3O2. The van der Waals surface area contributed by atoms with E-state index in [0.29, 0.717) is 12.5 Å². The van der Waals surface area contributed by atoms with Crippen LogP contribution >= 0.6 is 0 Å². The number of rotatable bonds is 7. The summed E-state index contributed by atoms with van der Waals surface area (Å²) in [6.45, 7) is 5.36. The second kappa shape index (κ2) is 7.75. The molecule has 1 aliphatic heterocycles. The van der Waals surface area contributed by atoms with Gasteiger partial charge in [0.15, 0.2) is 0 Å². The topological polar surface area (TPSA) is 58.5 Å². The Kier molecular flexibility index (Phi) is 5.46. The number of methoxy groups -OCH3 is 1. The lowest BCUT2D eigenvalue weighted by atomic mass is 10.00. The van der Waals surface area contributed by atoms with E-state index in [2.05, 4.69) is 46.5 Å². The van der Waals surface area contributed by atoms with Gasteiger partial charge in [0.05, 0.1) is 12.6 Å². The second-order valence-corrected chi connectivity index (χ2v) is 6.10. The van der Waals surface area contributed by atoms with Gasteiger partial charge in [-0.1, -0.05) is 24.3 Å². The predicted molar refractivity (Wildman–Crippen MR) is 89.7 cm³/mol. The van der Waals surface area contributed by atoms with E-state index in [0.717, 1.165) is 31.2 Å². The highest BCUT2D eigenvalue weighted by Gasteiger charge is 2.30. The van der Waals surface area contributed by atoms with Gasteiger partial charge in [0.25, 0.3) is 0 Å². The number of nitrogens with one attached hydrogen (secondary N) is 3. The minimum absolute atomic E-state index is 0.219. The van der Waals surface area contributed by atoms with Gasteiger partial charge in [0, 0.05) is 32.7 Å². The fourth-order valence-electron chi connectivity index (χ4n) is 3.05. The summed E-state index contributed by atoms with van der Waals surface area (Å²) in [5, 5.41) is 3.56. The van der Waals surface area contributed by atoms with E-state index >= 15 is 0 Å². The molecule has 3 N–H and O–H groups in total. The van der Waals surface area contributed by atoms with Gasteiger partial charge in [-0.05, 0) is 30.2 Å². The summed E-state index contributed by atoms with van der Waals surface area (Å²) in [6.07, 6.45) is 0. The first-order valence-electron chi connectivity index (χ1n) is 8.08. The van der Waals surface area contributed by atoms with Crippen LogP contribution < -0.4 is 16.2 Å². The van der Waals surface area contributed by atoms with Gasteiger partial charge in [-0.3, -0.25) is 5.43 Å².